The summed E-state index contributed by atoms with van der Waals surface area (Å²) in [4.78, 5) is 73.7. The van der Waals surface area contributed by atoms with Gasteiger partial charge in [0.25, 0.3) is 5.91 Å². The Morgan fingerprint density at radius 1 is 0.585 bits per heavy atom. The molecule has 2 spiro atoms. The highest BCUT2D eigenvalue weighted by Crippen LogP contribution is 2.59. The van der Waals surface area contributed by atoms with Gasteiger partial charge in [0.1, 0.15) is 23.0 Å². The molecule has 2 amide bonds. The van der Waals surface area contributed by atoms with E-state index in [9.17, 15) is 34.2 Å². The lowest BCUT2D eigenvalue weighted by atomic mass is 9.77. The summed E-state index contributed by atoms with van der Waals surface area (Å²) in [6.07, 6.45) is 4.00. The average Bonchev–Trinajstić information content (AvgIpc) is 1.49. The van der Waals surface area contributed by atoms with Crippen molar-refractivity contribution in [1.82, 2.24) is 10.2 Å². The normalized spacial score (nSPS) is 15.9. The lowest BCUT2D eigenvalue weighted by Gasteiger charge is -2.38. The number of rotatable bonds is 13. The minimum Gasteiger partial charge on any atom is -0.478 e. The van der Waals surface area contributed by atoms with Gasteiger partial charge in [0.2, 0.25) is 7.34 Å². The zero-order chi connectivity index (χ0) is 60.4. The van der Waals surface area contributed by atoms with Gasteiger partial charge in [0.15, 0.2) is 11.2 Å². The van der Waals surface area contributed by atoms with E-state index in [0.717, 1.165) is 53.1 Å². The zero-order valence-electron chi connectivity index (χ0n) is 49.9. The Labute approximate surface area is 481 Å². The number of amides is 2. The standard InChI is InChI=1S/C38H46N4O6.C25H22N2O5.CH4O/c1-37(24-43)16-19-42(20-17-37)34(44)9-7-6-8-18-39-35(45)25-10-13-29-28(21-25)36(46)48-38(29)30-14-11-26(40(2)3)22-32(30)47-33-23-27(41(4)5)12-15-31(33)38;1-26(2)15-6-9-19-21(12-15)31-22-13-16(27(3)4)7-10-20(22)25(19)18-8-5-14(23(28)29)11-17(18)24(30)32-25;1-2/h10-15,21-23,43H,6-9,16-20,24H2,1-5H3,(H,39,45);5-13H,1-4H3,(H,28,29);2H,1H3/i1T;;2T. The van der Waals surface area contributed by atoms with Gasteiger partial charge in [-0.05, 0) is 104 Å². The van der Waals surface area contributed by atoms with Gasteiger partial charge in [-0.1, -0.05) is 25.5 Å². The zero-order valence-corrected chi connectivity index (χ0v) is 47.9. The summed E-state index contributed by atoms with van der Waals surface area (Å²) >= 11 is 0. The van der Waals surface area contributed by atoms with Crippen LogP contribution in [0.3, 0.4) is 0 Å². The van der Waals surface area contributed by atoms with E-state index in [-0.39, 0.29) is 41.9 Å². The number of hydrogen-bond acceptors (Lipinski definition) is 15. The number of hydrogen-bond donors (Lipinski definition) is 4. The fourth-order valence-corrected chi connectivity index (χ4v) is 11.2. The molecule has 0 atom stereocenters. The van der Waals surface area contributed by atoms with Crippen LogP contribution in [-0.4, -0.2) is 141 Å². The second-order valence-electron chi connectivity index (χ2n) is 22.1. The number of nitrogens with one attached hydrogen (secondary N) is 1. The third kappa shape index (κ3) is 10.5. The van der Waals surface area contributed by atoms with E-state index in [4.69, 9.17) is 21.7 Å². The van der Waals surface area contributed by atoms with Gasteiger partial charge >= 0.3 is 17.9 Å². The lowest BCUT2D eigenvalue weighted by molar-refractivity contribution is -0.134. The van der Waals surface area contributed by atoms with Gasteiger partial charge in [-0.15, -0.1) is 0 Å². The molecule has 4 N–H and O–H groups in total. The van der Waals surface area contributed by atoms with Crippen LogP contribution in [0.4, 0.5) is 22.7 Å². The molecule has 5 aliphatic rings. The van der Waals surface area contributed by atoms with Crippen LogP contribution in [-0.2, 0) is 25.5 Å². The Balaban J connectivity index is 0.000000208. The summed E-state index contributed by atoms with van der Waals surface area (Å²) in [6.45, 7) is 1.80. The predicted molar refractivity (Wildman–Crippen MR) is 314 cm³/mol. The van der Waals surface area contributed by atoms with Gasteiger partial charge in [0, 0.05) is 183 Å². The van der Waals surface area contributed by atoms with E-state index in [0.29, 0.717) is 95.3 Å². The number of carboxylic acid groups (broad SMARTS) is 1. The number of benzene rings is 6. The molecule has 0 radical (unpaired) electrons. The van der Waals surface area contributed by atoms with Crippen LogP contribution in [0.5, 0.6) is 23.0 Å². The van der Waals surface area contributed by atoms with Crippen LogP contribution in [0.1, 0.15) is 122 Å². The van der Waals surface area contributed by atoms with E-state index in [1.807, 2.05) is 160 Å². The Kier molecular flexibility index (Phi) is 15.6. The molecule has 0 bridgehead atoms. The summed E-state index contributed by atoms with van der Waals surface area (Å²) in [5, 5.41) is 25.5. The number of likely N-dealkylation sites (tertiary alicyclic amines) is 1. The first kappa shape index (κ1) is 55.3. The molecule has 18 heteroatoms. The van der Waals surface area contributed by atoms with Crippen molar-refractivity contribution in [2.24, 2.45) is 5.41 Å². The SMILES string of the molecule is CN(C)c1ccc2c(c1)Oc1cc(N(C)C)ccc1C21OC(=O)c2cc(C(=O)O)ccc21.[3H]CC1(CO)CCN(C(=O)CCCCCNC(=O)c2ccc3c(c2)C(=O)OC32c3ccc(N(C)C)cc3Oc3cc(N(C)C)ccc32)CC1.[3H]OC. The Morgan fingerprint density at radius 2 is 0.976 bits per heavy atom. The summed E-state index contributed by atoms with van der Waals surface area (Å²) in [5.74, 6) is 0.0409. The molecule has 1 fully saturated rings. The number of aliphatic hydroxyl groups excluding tert-OH is 2. The molecule has 11 rings (SSSR count). The molecule has 0 aromatic heterocycles. The number of unbranched alkanes of at least 4 members (excludes halogenated alkanes) is 2. The third-order valence-electron chi connectivity index (χ3n) is 16.0. The molecule has 5 aliphatic heterocycles. The number of aliphatic hydroxyl groups is 2. The maximum atomic E-state index is 13.6. The van der Waals surface area contributed by atoms with Crippen LogP contribution >= 0.6 is 0 Å². The monoisotopic (exact) mass is 1120 g/mol. The lowest BCUT2D eigenvalue weighted by Crippen LogP contribution is -2.43. The molecule has 430 valence electrons. The first-order valence-electron chi connectivity index (χ1n) is 28.3. The van der Waals surface area contributed by atoms with Gasteiger partial charge in [-0.2, -0.15) is 0 Å². The minimum absolute atomic E-state index is 0.00492. The summed E-state index contributed by atoms with van der Waals surface area (Å²) in [5.41, 5.74) is 6.06. The topological polar surface area (TPSA) is 211 Å². The van der Waals surface area contributed by atoms with Crippen molar-refractivity contribution in [3.63, 3.8) is 0 Å². The Bertz CT molecular complexity index is 3400. The number of anilines is 4. The van der Waals surface area contributed by atoms with Crippen molar-refractivity contribution in [3.05, 3.63) is 165 Å². The van der Waals surface area contributed by atoms with Crippen molar-refractivity contribution in [1.29, 1.82) is 1.43 Å². The van der Waals surface area contributed by atoms with Crippen molar-refractivity contribution in [2.45, 2.75) is 56.6 Å². The fourth-order valence-electron chi connectivity index (χ4n) is 11.2. The van der Waals surface area contributed by atoms with E-state index < -0.39 is 29.1 Å². The third-order valence-corrected chi connectivity index (χ3v) is 16.0. The second-order valence-corrected chi connectivity index (χ2v) is 22.1. The molecule has 1 saturated heterocycles. The molecule has 6 aromatic carbocycles. The second kappa shape index (κ2) is 23.1. The quantitative estimate of drug-likeness (QED) is 0.0628. The molecule has 18 nitrogen and oxygen atoms in total. The number of carbonyl (C=O) groups excluding carboxylic acids is 4. The first-order chi connectivity index (χ1) is 40.1. The highest BCUT2D eigenvalue weighted by molar-refractivity contribution is 6.02. The molecule has 0 saturated carbocycles. The molecule has 5 heterocycles. The minimum atomic E-state index is -1.23. The first-order valence-corrected chi connectivity index (χ1v) is 27.2. The number of ether oxygens (including phenoxy) is 4. The van der Waals surface area contributed by atoms with E-state index in [2.05, 4.69) is 10.4 Å². The number of nitrogens with zero attached hydrogens (tertiary/aromatic N) is 5. The van der Waals surface area contributed by atoms with E-state index in [1.54, 1.807) is 18.2 Å². The van der Waals surface area contributed by atoms with Crippen molar-refractivity contribution in [3.8, 4) is 23.0 Å². The van der Waals surface area contributed by atoms with Crippen LogP contribution in [0.25, 0.3) is 0 Å². The Hall–Kier alpha value is -8.61. The van der Waals surface area contributed by atoms with E-state index in [1.165, 1.54) is 19.2 Å². The largest absolute Gasteiger partial charge is 0.478 e. The van der Waals surface area contributed by atoms with Crippen molar-refractivity contribution in [2.75, 3.05) is 109 Å². The number of piperidine rings is 1. The van der Waals surface area contributed by atoms with Gasteiger partial charge in [-0.25, -0.2) is 14.4 Å². The molecular formula is C64H72N6O12. The van der Waals surface area contributed by atoms with Crippen LogP contribution in [0, 0.1) is 5.41 Å². The smallest absolute Gasteiger partial charge is 0.340 e. The van der Waals surface area contributed by atoms with Crippen molar-refractivity contribution >= 4 is 52.5 Å². The number of fused-ring (bicyclic) bond motifs is 12. The summed E-state index contributed by atoms with van der Waals surface area (Å²) < 4.78 is 38.6. The Morgan fingerprint density at radius 3 is 1.35 bits per heavy atom. The highest BCUT2D eigenvalue weighted by Gasteiger charge is 2.55. The number of aromatic carboxylic acids is 1. The summed E-state index contributed by atoms with van der Waals surface area (Å²) in [6, 6.07) is 33.0. The maximum absolute atomic E-state index is 13.6. The molecule has 0 unspecified atom stereocenters. The van der Waals surface area contributed by atoms with Crippen LogP contribution in [0.15, 0.2) is 109 Å². The number of carboxylic acids is 1. The fraction of sp³-hybridized carbons (Fsp3) is 0.359. The van der Waals surface area contributed by atoms with Crippen molar-refractivity contribution < 1.29 is 59.6 Å². The highest BCUT2D eigenvalue weighted by atomic mass is 16.6. The van der Waals surface area contributed by atoms with E-state index >= 15 is 0 Å². The van der Waals surface area contributed by atoms with Crippen LogP contribution in [0.2, 0.25) is 0 Å². The molecule has 82 heavy (non-hydrogen) atoms. The predicted octanol–water partition coefficient (Wildman–Crippen LogP) is 8.99. The van der Waals surface area contributed by atoms with Crippen LogP contribution < -0.4 is 34.4 Å². The average molecular weight is 1120 g/mol. The van der Waals surface area contributed by atoms with Gasteiger partial charge in [-0.3, -0.25) is 9.59 Å². The van der Waals surface area contributed by atoms with Gasteiger partial charge < -0.3 is 64.1 Å². The van der Waals surface area contributed by atoms with Gasteiger partial charge in [0.05, 0.1) is 16.7 Å². The number of carbonyl (C=O) groups is 5. The molecular weight excluding hydrogens is 1040 g/mol. The maximum Gasteiger partial charge on any atom is 0.340 e. The molecule has 0 aliphatic carbocycles. The molecule has 6 aromatic rings. The number of esters is 2. The summed E-state index contributed by atoms with van der Waals surface area (Å²) in [7, 11) is 16.9.